The average molecular weight is 490 g/mol. The fourth-order valence-electron chi connectivity index (χ4n) is 2.84. The predicted octanol–water partition coefficient (Wildman–Crippen LogP) is 5.22. The highest BCUT2D eigenvalue weighted by atomic mass is 79.9. The lowest BCUT2D eigenvalue weighted by Gasteiger charge is -2.09. The molecule has 0 saturated heterocycles. The van der Waals surface area contributed by atoms with Crippen LogP contribution in [0.15, 0.2) is 47.2 Å². The van der Waals surface area contributed by atoms with E-state index in [1.807, 2.05) is 0 Å². The molecular formula is C20H16BrN3O5S. The molecule has 0 bridgehead atoms. The van der Waals surface area contributed by atoms with Crippen molar-refractivity contribution < 1.29 is 19.2 Å². The van der Waals surface area contributed by atoms with Crippen LogP contribution in [0.2, 0.25) is 0 Å². The zero-order valence-electron chi connectivity index (χ0n) is 16.0. The number of carbonyl (C=O) groups excluding carboxylic acids is 2. The van der Waals surface area contributed by atoms with Crippen molar-refractivity contribution >= 4 is 49.8 Å². The van der Waals surface area contributed by atoms with Crippen LogP contribution in [-0.2, 0) is 4.74 Å². The second kappa shape index (κ2) is 9.14. The van der Waals surface area contributed by atoms with Crippen molar-refractivity contribution in [3.63, 3.8) is 0 Å². The summed E-state index contributed by atoms with van der Waals surface area (Å²) in [5.74, 6) is -1.01. The number of nitrogens with zero attached hydrogens (tertiary/aromatic N) is 2. The molecule has 3 aromatic rings. The van der Waals surface area contributed by atoms with Gasteiger partial charge in [-0.25, -0.2) is 4.79 Å². The summed E-state index contributed by atoms with van der Waals surface area (Å²) >= 11 is 4.50. The van der Waals surface area contributed by atoms with Gasteiger partial charge in [0, 0.05) is 39.4 Å². The lowest BCUT2D eigenvalue weighted by atomic mass is 10.0. The quantitative estimate of drug-likeness (QED) is 0.288. The zero-order chi connectivity index (χ0) is 21.8. The van der Waals surface area contributed by atoms with Gasteiger partial charge in [-0.05, 0) is 53.5 Å². The van der Waals surface area contributed by atoms with E-state index in [1.165, 1.54) is 29.7 Å². The summed E-state index contributed by atoms with van der Waals surface area (Å²) in [5.41, 5.74) is 1.66. The van der Waals surface area contributed by atoms with Crippen molar-refractivity contribution in [2.24, 2.45) is 0 Å². The molecule has 0 aliphatic carbocycles. The number of non-ortho nitro benzene ring substituents is 1. The molecule has 2 aromatic heterocycles. The topological polar surface area (TPSA) is 111 Å². The van der Waals surface area contributed by atoms with Crippen molar-refractivity contribution in [3.05, 3.63) is 73.3 Å². The monoisotopic (exact) mass is 489 g/mol. The van der Waals surface area contributed by atoms with Gasteiger partial charge in [0.1, 0.15) is 10.6 Å². The van der Waals surface area contributed by atoms with E-state index >= 15 is 0 Å². The van der Waals surface area contributed by atoms with Crippen LogP contribution in [0, 0.1) is 17.0 Å². The molecule has 0 saturated carbocycles. The fraction of sp³-hybridized carbons (Fsp3) is 0.150. The maximum atomic E-state index is 12.7. The standard InChI is InChI=1S/C20H16BrN3O5S/c1-3-29-20(26)17-16(12-4-6-15(7-5-12)24(27)28)11(2)30-19(17)23-18(25)13-8-14(21)10-22-9-13/h4-10H,3H2,1-2H3,(H,23,25). The number of hydrogen-bond acceptors (Lipinski definition) is 7. The normalized spacial score (nSPS) is 10.5. The molecule has 0 spiro atoms. The third-order valence-electron chi connectivity index (χ3n) is 4.12. The Kier molecular flexibility index (Phi) is 6.58. The second-order valence-corrected chi connectivity index (χ2v) is 8.25. The van der Waals surface area contributed by atoms with Gasteiger partial charge in [0.05, 0.1) is 17.1 Å². The van der Waals surface area contributed by atoms with Gasteiger partial charge >= 0.3 is 5.97 Å². The van der Waals surface area contributed by atoms with Crippen molar-refractivity contribution in [2.75, 3.05) is 11.9 Å². The molecule has 10 heteroatoms. The maximum absolute atomic E-state index is 12.7. The van der Waals surface area contributed by atoms with E-state index in [0.29, 0.717) is 26.2 Å². The van der Waals surface area contributed by atoms with E-state index in [4.69, 9.17) is 4.74 Å². The summed E-state index contributed by atoms with van der Waals surface area (Å²) in [6.07, 6.45) is 2.98. The Morgan fingerprint density at radius 2 is 1.97 bits per heavy atom. The first-order valence-electron chi connectivity index (χ1n) is 8.79. The van der Waals surface area contributed by atoms with Crippen molar-refractivity contribution in [3.8, 4) is 11.1 Å². The molecular weight excluding hydrogens is 474 g/mol. The van der Waals surface area contributed by atoms with E-state index in [1.54, 1.807) is 38.2 Å². The number of rotatable bonds is 6. The average Bonchev–Trinajstić information content (AvgIpc) is 3.03. The minimum atomic E-state index is -0.585. The van der Waals surface area contributed by atoms with Gasteiger partial charge in [-0.15, -0.1) is 11.3 Å². The summed E-state index contributed by atoms with van der Waals surface area (Å²) in [6, 6.07) is 7.49. The lowest BCUT2D eigenvalue weighted by Crippen LogP contribution is -2.15. The summed E-state index contributed by atoms with van der Waals surface area (Å²) in [4.78, 5) is 40.6. The number of amides is 1. The van der Waals surface area contributed by atoms with E-state index in [0.717, 1.165) is 4.88 Å². The van der Waals surface area contributed by atoms with Crippen LogP contribution in [0.1, 0.15) is 32.5 Å². The summed E-state index contributed by atoms with van der Waals surface area (Å²) < 4.78 is 5.85. The molecule has 3 rings (SSSR count). The van der Waals surface area contributed by atoms with Gasteiger partial charge in [-0.1, -0.05) is 0 Å². The molecule has 1 amide bonds. The van der Waals surface area contributed by atoms with E-state index in [-0.39, 0.29) is 17.9 Å². The number of nitrogens with one attached hydrogen (secondary N) is 1. The first kappa shape index (κ1) is 21.6. The number of carbonyl (C=O) groups is 2. The Labute approximate surface area is 184 Å². The highest BCUT2D eigenvalue weighted by Gasteiger charge is 2.26. The van der Waals surface area contributed by atoms with E-state index in [2.05, 4.69) is 26.2 Å². The highest BCUT2D eigenvalue weighted by molar-refractivity contribution is 9.10. The molecule has 0 aliphatic rings. The smallest absolute Gasteiger partial charge is 0.341 e. The number of halogens is 1. The number of thiophene rings is 1. The lowest BCUT2D eigenvalue weighted by molar-refractivity contribution is -0.384. The van der Waals surface area contributed by atoms with Crippen LogP contribution >= 0.6 is 27.3 Å². The molecule has 0 fully saturated rings. The van der Waals surface area contributed by atoms with Gasteiger partial charge in [0.2, 0.25) is 0 Å². The minimum absolute atomic E-state index is 0.0556. The Bertz CT molecular complexity index is 1130. The molecule has 30 heavy (non-hydrogen) atoms. The summed E-state index contributed by atoms with van der Waals surface area (Å²) in [6.45, 7) is 3.66. The Balaban J connectivity index is 2.05. The molecule has 0 radical (unpaired) electrons. The third-order valence-corrected chi connectivity index (χ3v) is 5.58. The minimum Gasteiger partial charge on any atom is -0.462 e. The summed E-state index contributed by atoms with van der Waals surface area (Å²) in [5, 5.41) is 14.0. The Morgan fingerprint density at radius 3 is 2.57 bits per heavy atom. The van der Waals surface area contributed by atoms with E-state index < -0.39 is 16.8 Å². The number of nitro groups is 1. The number of nitro benzene ring substituents is 1. The van der Waals surface area contributed by atoms with Crippen LogP contribution in [-0.4, -0.2) is 28.4 Å². The van der Waals surface area contributed by atoms with Crippen LogP contribution < -0.4 is 5.32 Å². The third kappa shape index (κ3) is 4.55. The van der Waals surface area contributed by atoms with Crippen molar-refractivity contribution in [2.45, 2.75) is 13.8 Å². The fourth-order valence-corrected chi connectivity index (χ4v) is 4.26. The van der Waals surface area contributed by atoms with E-state index in [9.17, 15) is 19.7 Å². The Morgan fingerprint density at radius 1 is 1.27 bits per heavy atom. The number of hydrogen-bond donors (Lipinski definition) is 1. The van der Waals surface area contributed by atoms with Crippen molar-refractivity contribution in [1.82, 2.24) is 4.98 Å². The first-order chi connectivity index (χ1) is 14.3. The first-order valence-corrected chi connectivity index (χ1v) is 10.4. The Hall–Kier alpha value is -3.11. The molecule has 154 valence electrons. The SMILES string of the molecule is CCOC(=O)c1c(NC(=O)c2cncc(Br)c2)sc(C)c1-c1ccc([N+](=O)[O-])cc1. The number of aryl methyl sites for hydroxylation is 1. The zero-order valence-corrected chi connectivity index (χ0v) is 18.4. The molecule has 1 N–H and O–H groups in total. The van der Waals surface area contributed by atoms with Crippen molar-refractivity contribution in [1.29, 1.82) is 0 Å². The van der Waals surface area contributed by atoms with Gasteiger partial charge in [-0.2, -0.15) is 0 Å². The molecule has 1 aromatic carbocycles. The number of esters is 1. The summed E-state index contributed by atoms with van der Waals surface area (Å²) in [7, 11) is 0. The second-order valence-electron chi connectivity index (χ2n) is 6.11. The van der Waals surface area contributed by atoms with Gasteiger partial charge < -0.3 is 10.1 Å². The maximum Gasteiger partial charge on any atom is 0.341 e. The van der Waals surface area contributed by atoms with Crippen LogP contribution in [0.4, 0.5) is 10.7 Å². The molecule has 0 atom stereocenters. The van der Waals surface area contributed by atoms with Gasteiger partial charge in [0.25, 0.3) is 11.6 Å². The number of pyridine rings is 1. The number of anilines is 1. The predicted molar refractivity (Wildman–Crippen MR) is 117 cm³/mol. The largest absolute Gasteiger partial charge is 0.462 e. The van der Waals surface area contributed by atoms with Gasteiger partial charge in [0.15, 0.2) is 0 Å². The number of benzene rings is 1. The number of aromatic nitrogens is 1. The highest BCUT2D eigenvalue weighted by Crippen LogP contribution is 2.41. The van der Waals surface area contributed by atoms with Gasteiger partial charge in [-0.3, -0.25) is 19.9 Å². The molecule has 0 unspecified atom stereocenters. The van der Waals surface area contributed by atoms with Crippen LogP contribution in [0.3, 0.4) is 0 Å². The number of ether oxygens (including phenoxy) is 1. The van der Waals surface area contributed by atoms with Crippen LogP contribution in [0.25, 0.3) is 11.1 Å². The molecule has 0 aliphatic heterocycles. The molecule has 8 nitrogen and oxygen atoms in total. The molecule has 2 heterocycles. The van der Waals surface area contributed by atoms with Crippen LogP contribution in [0.5, 0.6) is 0 Å².